The van der Waals surface area contributed by atoms with E-state index in [0.717, 1.165) is 19.8 Å². The molecule has 0 aromatic carbocycles. The Bertz CT molecular complexity index is 712. The van der Waals surface area contributed by atoms with Crippen molar-refractivity contribution in [2.24, 2.45) is 0 Å². The minimum Gasteiger partial charge on any atom is -0.465 e. The predicted molar refractivity (Wildman–Crippen MR) is 76.7 cm³/mol. The molecule has 0 saturated heterocycles. The van der Waals surface area contributed by atoms with E-state index in [1.165, 1.54) is 17.0 Å². The topological polar surface area (TPSA) is 87.5 Å². The number of carbonyl (C=O) groups excluding carboxylic acids is 2. The van der Waals surface area contributed by atoms with Gasteiger partial charge in [-0.3, -0.25) is 9.78 Å². The summed E-state index contributed by atoms with van der Waals surface area (Å²) in [6.45, 7) is 0.335. The molecule has 0 saturated carbocycles. The Balaban J connectivity index is 2.52. The van der Waals surface area contributed by atoms with Gasteiger partial charge in [0, 0.05) is 31.3 Å². The number of esters is 2. The number of ether oxygens (including phenoxy) is 2. The quantitative estimate of drug-likeness (QED) is 0.779. The lowest BCUT2D eigenvalue weighted by Crippen LogP contribution is -2.26. The fourth-order valence-corrected chi connectivity index (χ4v) is 1.94. The molecule has 7 nitrogen and oxygen atoms in total. The summed E-state index contributed by atoms with van der Waals surface area (Å²) in [4.78, 5) is 39.5. The Kier molecular flexibility index (Phi) is 4.67. The third-order valence-corrected chi connectivity index (χ3v) is 2.98. The molecular weight excluding hydrogens is 288 g/mol. The van der Waals surface area contributed by atoms with Crippen molar-refractivity contribution in [1.82, 2.24) is 9.55 Å². The van der Waals surface area contributed by atoms with Crippen LogP contribution in [0, 0.1) is 0 Å². The third-order valence-electron chi connectivity index (χ3n) is 2.98. The van der Waals surface area contributed by atoms with Crippen LogP contribution in [-0.4, -0.2) is 35.7 Å². The molecule has 2 rings (SSSR count). The second-order valence-corrected chi connectivity index (χ2v) is 4.43. The fourth-order valence-electron chi connectivity index (χ4n) is 1.94. The van der Waals surface area contributed by atoms with Crippen molar-refractivity contribution < 1.29 is 19.1 Å². The molecule has 0 aliphatic carbocycles. The molecule has 2 aromatic heterocycles. The number of carbonyl (C=O) groups is 2. The average Bonchev–Trinajstić information content (AvgIpc) is 2.55. The highest BCUT2D eigenvalue weighted by Crippen LogP contribution is 2.06. The first-order chi connectivity index (χ1) is 10.6. The molecule has 2 heterocycles. The van der Waals surface area contributed by atoms with E-state index in [1.54, 1.807) is 18.5 Å². The van der Waals surface area contributed by atoms with Gasteiger partial charge in [0.15, 0.2) is 0 Å². The Morgan fingerprint density at radius 3 is 2.18 bits per heavy atom. The first-order valence-electron chi connectivity index (χ1n) is 6.36. The Hall–Kier alpha value is -2.96. The largest absolute Gasteiger partial charge is 0.465 e. The molecule has 0 unspecified atom stereocenters. The number of nitrogens with zero attached hydrogens (tertiary/aromatic N) is 2. The zero-order valence-corrected chi connectivity index (χ0v) is 12.1. The summed E-state index contributed by atoms with van der Waals surface area (Å²) in [6, 6.07) is 3.60. The van der Waals surface area contributed by atoms with Crippen LogP contribution < -0.4 is 5.43 Å². The zero-order valence-electron chi connectivity index (χ0n) is 12.1. The summed E-state index contributed by atoms with van der Waals surface area (Å²) < 4.78 is 10.7. The van der Waals surface area contributed by atoms with E-state index in [1.807, 2.05) is 6.07 Å². The van der Waals surface area contributed by atoms with Gasteiger partial charge in [-0.2, -0.15) is 0 Å². The van der Waals surface area contributed by atoms with Crippen LogP contribution in [0.2, 0.25) is 0 Å². The van der Waals surface area contributed by atoms with Gasteiger partial charge in [0.05, 0.1) is 14.2 Å². The van der Waals surface area contributed by atoms with E-state index in [9.17, 15) is 14.4 Å². The van der Waals surface area contributed by atoms with E-state index in [4.69, 9.17) is 0 Å². The lowest BCUT2D eigenvalue weighted by Gasteiger charge is -2.10. The summed E-state index contributed by atoms with van der Waals surface area (Å²) in [6.07, 6.45) is 5.96. The first-order valence-corrected chi connectivity index (χ1v) is 6.36. The van der Waals surface area contributed by atoms with Crippen LogP contribution in [0.25, 0.3) is 0 Å². The van der Waals surface area contributed by atoms with E-state index in [0.29, 0.717) is 6.54 Å². The van der Waals surface area contributed by atoms with Crippen molar-refractivity contribution in [1.29, 1.82) is 0 Å². The zero-order chi connectivity index (χ0) is 16.1. The molecule has 0 aliphatic rings. The number of pyridine rings is 2. The monoisotopic (exact) mass is 302 g/mol. The third kappa shape index (κ3) is 3.20. The van der Waals surface area contributed by atoms with Crippen LogP contribution in [0.15, 0.2) is 41.7 Å². The molecule has 0 radical (unpaired) electrons. The maximum absolute atomic E-state index is 12.1. The molecular formula is C15H14N2O5. The maximum Gasteiger partial charge on any atom is 0.343 e. The van der Waals surface area contributed by atoms with Crippen molar-refractivity contribution in [3.8, 4) is 0 Å². The first kappa shape index (κ1) is 15.4. The number of rotatable bonds is 4. The molecule has 22 heavy (non-hydrogen) atoms. The van der Waals surface area contributed by atoms with Gasteiger partial charge in [0.2, 0.25) is 5.43 Å². The summed E-state index contributed by atoms with van der Waals surface area (Å²) in [7, 11) is 2.33. The van der Waals surface area contributed by atoms with Crippen molar-refractivity contribution in [3.63, 3.8) is 0 Å². The van der Waals surface area contributed by atoms with E-state index < -0.39 is 17.4 Å². The number of methoxy groups -OCH3 is 2. The second kappa shape index (κ2) is 6.66. The van der Waals surface area contributed by atoms with Crippen LogP contribution in [0.1, 0.15) is 26.3 Å². The molecule has 0 aliphatic heterocycles. The van der Waals surface area contributed by atoms with Crippen LogP contribution in [0.4, 0.5) is 0 Å². The number of aromatic nitrogens is 2. The van der Waals surface area contributed by atoms with Crippen molar-refractivity contribution in [2.45, 2.75) is 6.54 Å². The average molecular weight is 302 g/mol. The Morgan fingerprint density at radius 1 is 1.14 bits per heavy atom. The molecule has 0 bridgehead atoms. The standard InChI is InChI=1S/C15H14N2O5/c1-21-14(19)11-8-17(7-10-4-3-5-16-6-10)9-12(13(11)18)15(20)22-2/h3-6,8-9H,7H2,1-2H3. The van der Waals surface area contributed by atoms with Gasteiger partial charge in [-0.25, -0.2) is 9.59 Å². The van der Waals surface area contributed by atoms with Gasteiger partial charge in [0.1, 0.15) is 11.1 Å². The summed E-state index contributed by atoms with van der Waals surface area (Å²) in [5, 5.41) is 0. The van der Waals surface area contributed by atoms with E-state index in [2.05, 4.69) is 14.5 Å². The number of hydrogen-bond acceptors (Lipinski definition) is 6. The predicted octanol–water partition coefficient (Wildman–Crippen LogP) is 0.865. The lowest BCUT2D eigenvalue weighted by atomic mass is 10.1. The van der Waals surface area contributed by atoms with Crippen LogP contribution in [0.5, 0.6) is 0 Å². The van der Waals surface area contributed by atoms with Crippen molar-refractivity contribution in [2.75, 3.05) is 14.2 Å². The molecule has 2 aromatic rings. The highest BCUT2D eigenvalue weighted by atomic mass is 16.5. The van der Waals surface area contributed by atoms with Crippen molar-refractivity contribution in [3.05, 3.63) is 63.8 Å². The SMILES string of the molecule is COC(=O)c1cn(Cc2cccnc2)cc(C(=O)OC)c1=O. The maximum atomic E-state index is 12.1. The molecule has 0 N–H and O–H groups in total. The second-order valence-electron chi connectivity index (χ2n) is 4.43. The molecule has 0 fully saturated rings. The van der Waals surface area contributed by atoms with Crippen molar-refractivity contribution >= 4 is 11.9 Å². The highest BCUT2D eigenvalue weighted by Gasteiger charge is 2.20. The van der Waals surface area contributed by atoms with Gasteiger partial charge >= 0.3 is 11.9 Å². The molecule has 0 atom stereocenters. The fraction of sp³-hybridized carbons (Fsp3) is 0.200. The Labute approximate surface area is 126 Å². The normalized spacial score (nSPS) is 10.1. The molecule has 0 spiro atoms. The van der Waals surface area contributed by atoms with Gasteiger partial charge in [-0.1, -0.05) is 6.07 Å². The molecule has 114 valence electrons. The molecule has 0 amide bonds. The highest BCUT2D eigenvalue weighted by molar-refractivity contribution is 5.94. The van der Waals surface area contributed by atoms with E-state index >= 15 is 0 Å². The Morgan fingerprint density at radius 2 is 1.73 bits per heavy atom. The van der Waals surface area contributed by atoms with Gasteiger partial charge in [-0.15, -0.1) is 0 Å². The van der Waals surface area contributed by atoms with Gasteiger partial charge < -0.3 is 14.0 Å². The minimum atomic E-state index is -0.810. The van der Waals surface area contributed by atoms with E-state index in [-0.39, 0.29) is 11.1 Å². The minimum absolute atomic E-state index is 0.228. The van der Waals surface area contributed by atoms with Gasteiger partial charge in [0.25, 0.3) is 0 Å². The van der Waals surface area contributed by atoms with Crippen LogP contribution in [0.3, 0.4) is 0 Å². The van der Waals surface area contributed by atoms with Crippen LogP contribution in [-0.2, 0) is 16.0 Å². The van der Waals surface area contributed by atoms with Gasteiger partial charge in [-0.05, 0) is 11.6 Å². The van der Waals surface area contributed by atoms with Crippen LogP contribution >= 0.6 is 0 Å². The summed E-state index contributed by atoms with van der Waals surface area (Å²) in [5.74, 6) is -1.62. The summed E-state index contributed by atoms with van der Waals surface area (Å²) >= 11 is 0. The smallest absolute Gasteiger partial charge is 0.343 e. The summed E-state index contributed by atoms with van der Waals surface area (Å²) in [5.41, 5.74) is -0.331. The lowest BCUT2D eigenvalue weighted by molar-refractivity contribution is 0.0594. The molecule has 7 heteroatoms. The number of hydrogen-bond donors (Lipinski definition) is 0.